The number of ether oxygens (including phenoxy) is 1. The number of nitrogens with zero attached hydrogens (tertiary/aromatic N) is 1. The van der Waals surface area contributed by atoms with Crippen LogP contribution < -0.4 is 0 Å². The molecule has 0 aliphatic carbocycles. The molecule has 5 heteroatoms. The van der Waals surface area contributed by atoms with Crippen molar-refractivity contribution in [2.75, 3.05) is 19.8 Å². The molecule has 0 aromatic carbocycles. The second-order valence-electron chi connectivity index (χ2n) is 4.83. The lowest BCUT2D eigenvalue weighted by Crippen LogP contribution is -2.42. The third kappa shape index (κ3) is 3.35. The zero-order valence-electron chi connectivity index (χ0n) is 11.5. The summed E-state index contributed by atoms with van der Waals surface area (Å²) in [5.74, 6) is -1.15. The van der Waals surface area contributed by atoms with Crippen LogP contribution in [-0.4, -0.2) is 41.8 Å². The zero-order valence-corrected chi connectivity index (χ0v) is 12.3. The van der Waals surface area contributed by atoms with E-state index in [0.717, 1.165) is 19.5 Å². The first-order valence-corrected chi connectivity index (χ1v) is 7.59. The van der Waals surface area contributed by atoms with Crippen molar-refractivity contribution in [1.29, 1.82) is 0 Å². The fraction of sp³-hybridized carbons (Fsp3) is 0.643. The monoisotopic (exact) mass is 283 g/mol. The molecule has 4 nitrogen and oxygen atoms in total. The molecule has 1 aliphatic rings. The Morgan fingerprint density at radius 3 is 2.74 bits per heavy atom. The number of aliphatic carboxylic acids is 1. The molecule has 1 saturated heterocycles. The predicted octanol–water partition coefficient (Wildman–Crippen LogP) is 2.23. The van der Waals surface area contributed by atoms with E-state index in [4.69, 9.17) is 4.74 Å². The molecule has 1 fully saturated rings. The van der Waals surface area contributed by atoms with E-state index in [1.807, 2.05) is 11.3 Å². The summed E-state index contributed by atoms with van der Waals surface area (Å²) in [6.45, 7) is 6.75. The highest BCUT2D eigenvalue weighted by molar-refractivity contribution is 7.11. The molecule has 2 heterocycles. The van der Waals surface area contributed by atoms with Crippen LogP contribution in [-0.2, 0) is 22.5 Å². The Kier molecular flexibility index (Phi) is 4.96. The minimum Gasteiger partial charge on any atom is -0.481 e. The van der Waals surface area contributed by atoms with Gasteiger partial charge in [-0.15, -0.1) is 11.3 Å². The lowest BCUT2D eigenvalue weighted by molar-refractivity contribution is -0.143. The van der Waals surface area contributed by atoms with Gasteiger partial charge in [0.15, 0.2) is 0 Å². The standard InChI is InChI=1S/C14H21NO3S/c1-3-10-5-6-11(19-10)7-15(4-2)13-9-18-8-12(13)14(16)17/h5-6,12-13H,3-4,7-9H2,1-2H3,(H,16,17). The third-order valence-electron chi connectivity index (χ3n) is 3.67. The number of thiophene rings is 1. The van der Waals surface area contributed by atoms with Gasteiger partial charge in [0, 0.05) is 22.3 Å². The smallest absolute Gasteiger partial charge is 0.310 e. The van der Waals surface area contributed by atoms with Gasteiger partial charge >= 0.3 is 5.97 Å². The average molecular weight is 283 g/mol. The summed E-state index contributed by atoms with van der Waals surface area (Å²) >= 11 is 1.82. The van der Waals surface area contributed by atoms with Gasteiger partial charge in [0.2, 0.25) is 0 Å². The van der Waals surface area contributed by atoms with Gasteiger partial charge < -0.3 is 9.84 Å². The fourth-order valence-corrected chi connectivity index (χ4v) is 3.48. The largest absolute Gasteiger partial charge is 0.481 e. The van der Waals surface area contributed by atoms with Gasteiger partial charge in [-0.2, -0.15) is 0 Å². The lowest BCUT2D eigenvalue weighted by atomic mass is 10.0. The normalized spacial score (nSPS) is 23.1. The van der Waals surface area contributed by atoms with Crippen LogP contribution in [0.2, 0.25) is 0 Å². The minimum absolute atomic E-state index is 0.00493. The van der Waals surface area contributed by atoms with Crippen molar-refractivity contribution >= 4 is 17.3 Å². The Hall–Kier alpha value is -0.910. The maximum absolute atomic E-state index is 11.2. The Balaban J connectivity index is 2.05. The van der Waals surface area contributed by atoms with Gasteiger partial charge in [0.05, 0.1) is 19.1 Å². The summed E-state index contributed by atoms with van der Waals surface area (Å²) in [4.78, 5) is 16.1. The predicted molar refractivity (Wildman–Crippen MR) is 75.5 cm³/mol. The number of hydrogen-bond donors (Lipinski definition) is 1. The van der Waals surface area contributed by atoms with Crippen LogP contribution in [0.15, 0.2) is 12.1 Å². The highest BCUT2D eigenvalue weighted by Gasteiger charge is 2.37. The number of carboxylic acids is 1. The second-order valence-corrected chi connectivity index (χ2v) is 6.09. The van der Waals surface area contributed by atoms with Crippen molar-refractivity contribution in [2.24, 2.45) is 5.92 Å². The van der Waals surface area contributed by atoms with Crippen molar-refractivity contribution in [3.63, 3.8) is 0 Å². The van der Waals surface area contributed by atoms with Crippen LogP contribution in [0.5, 0.6) is 0 Å². The van der Waals surface area contributed by atoms with Gasteiger partial charge in [0.25, 0.3) is 0 Å². The molecular weight excluding hydrogens is 262 g/mol. The molecule has 2 unspecified atom stereocenters. The molecule has 2 rings (SSSR count). The van der Waals surface area contributed by atoms with E-state index in [9.17, 15) is 9.90 Å². The number of aryl methyl sites for hydroxylation is 1. The summed E-state index contributed by atoms with van der Waals surface area (Å²) < 4.78 is 5.36. The average Bonchev–Trinajstić information content (AvgIpc) is 3.04. The molecule has 0 saturated carbocycles. The van der Waals surface area contributed by atoms with E-state index in [2.05, 4.69) is 30.9 Å². The van der Waals surface area contributed by atoms with E-state index >= 15 is 0 Å². The van der Waals surface area contributed by atoms with E-state index in [1.165, 1.54) is 9.75 Å². The molecule has 106 valence electrons. The van der Waals surface area contributed by atoms with E-state index in [1.54, 1.807) is 0 Å². The van der Waals surface area contributed by atoms with Crippen LogP contribution in [0.25, 0.3) is 0 Å². The Morgan fingerprint density at radius 1 is 1.42 bits per heavy atom. The van der Waals surface area contributed by atoms with Gasteiger partial charge in [-0.1, -0.05) is 13.8 Å². The van der Waals surface area contributed by atoms with Crippen molar-refractivity contribution < 1.29 is 14.6 Å². The number of likely N-dealkylation sites (N-methyl/N-ethyl adjacent to an activating group) is 1. The number of carbonyl (C=O) groups is 1. The summed E-state index contributed by atoms with van der Waals surface area (Å²) in [5.41, 5.74) is 0. The molecular formula is C14H21NO3S. The Morgan fingerprint density at radius 2 is 2.16 bits per heavy atom. The van der Waals surface area contributed by atoms with Gasteiger partial charge in [0.1, 0.15) is 0 Å². The molecule has 2 atom stereocenters. The molecule has 0 amide bonds. The molecule has 19 heavy (non-hydrogen) atoms. The van der Waals surface area contributed by atoms with E-state index in [0.29, 0.717) is 13.2 Å². The zero-order chi connectivity index (χ0) is 13.8. The summed E-state index contributed by atoms with van der Waals surface area (Å²) in [6.07, 6.45) is 1.06. The van der Waals surface area contributed by atoms with Crippen molar-refractivity contribution in [2.45, 2.75) is 32.9 Å². The van der Waals surface area contributed by atoms with Gasteiger partial charge in [-0.3, -0.25) is 9.69 Å². The molecule has 1 aromatic heterocycles. The minimum atomic E-state index is -0.749. The van der Waals surface area contributed by atoms with E-state index < -0.39 is 11.9 Å². The lowest BCUT2D eigenvalue weighted by Gasteiger charge is -2.28. The molecule has 0 radical (unpaired) electrons. The fourth-order valence-electron chi connectivity index (χ4n) is 2.50. The molecule has 0 spiro atoms. The van der Waals surface area contributed by atoms with E-state index in [-0.39, 0.29) is 6.04 Å². The first kappa shape index (κ1) is 14.5. The molecule has 1 aliphatic heterocycles. The van der Waals surface area contributed by atoms with Gasteiger partial charge in [-0.05, 0) is 25.1 Å². The molecule has 0 bridgehead atoms. The van der Waals surface area contributed by atoms with Crippen LogP contribution in [0.4, 0.5) is 0 Å². The first-order valence-electron chi connectivity index (χ1n) is 6.77. The SMILES string of the molecule is CCc1ccc(CN(CC)C2COCC2C(=O)O)s1. The summed E-state index contributed by atoms with van der Waals surface area (Å²) in [7, 11) is 0. The quantitative estimate of drug-likeness (QED) is 0.870. The van der Waals surface area contributed by atoms with Crippen molar-refractivity contribution in [1.82, 2.24) is 4.90 Å². The van der Waals surface area contributed by atoms with Crippen LogP contribution in [0, 0.1) is 5.92 Å². The first-order chi connectivity index (χ1) is 9.15. The van der Waals surface area contributed by atoms with Crippen LogP contribution >= 0.6 is 11.3 Å². The Labute approximate surface area is 118 Å². The third-order valence-corrected chi connectivity index (χ3v) is 4.88. The molecule has 1 N–H and O–H groups in total. The van der Waals surface area contributed by atoms with Crippen LogP contribution in [0.3, 0.4) is 0 Å². The number of carboxylic acid groups (broad SMARTS) is 1. The summed E-state index contributed by atoms with van der Waals surface area (Å²) in [5, 5.41) is 9.23. The van der Waals surface area contributed by atoms with Crippen molar-refractivity contribution in [3.05, 3.63) is 21.9 Å². The highest BCUT2D eigenvalue weighted by atomic mass is 32.1. The molecule has 1 aromatic rings. The van der Waals surface area contributed by atoms with Crippen LogP contribution in [0.1, 0.15) is 23.6 Å². The Bertz CT molecular complexity index is 432. The maximum atomic E-state index is 11.2. The maximum Gasteiger partial charge on any atom is 0.310 e. The van der Waals surface area contributed by atoms with Crippen molar-refractivity contribution in [3.8, 4) is 0 Å². The summed E-state index contributed by atoms with van der Waals surface area (Å²) in [6, 6.07) is 4.31. The van der Waals surface area contributed by atoms with Gasteiger partial charge in [-0.25, -0.2) is 0 Å². The second kappa shape index (κ2) is 6.50. The number of hydrogen-bond acceptors (Lipinski definition) is 4. The topological polar surface area (TPSA) is 49.8 Å². The number of rotatable bonds is 6. The highest BCUT2D eigenvalue weighted by Crippen LogP contribution is 2.24.